The lowest BCUT2D eigenvalue weighted by Gasteiger charge is -2.15. The lowest BCUT2D eigenvalue weighted by Crippen LogP contribution is -2.36. The number of amides is 1. The monoisotopic (exact) mass is 397 g/mol. The van der Waals surface area contributed by atoms with Gasteiger partial charge in [0.25, 0.3) is 17.2 Å². The highest BCUT2D eigenvalue weighted by molar-refractivity contribution is 6.03. The molecular formula is C19H15N3O7. The number of fused-ring (bicyclic) bond motifs is 1. The molecule has 3 aromatic rings. The average molecular weight is 397 g/mol. The summed E-state index contributed by atoms with van der Waals surface area (Å²) in [6.07, 6.45) is 0. The Morgan fingerprint density at radius 3 is 2.55 bits per heavy atom. The Morgan fingerprint density at radius 1 is 1.14 bits per heavy atom. The maximum absolute atomic E-state index is 13.0. The number of para-hydroxylation sites is 1. The van der Waals surface area contributed by atoms with Gasteiger partial charge in [-0.2, -0.15) is 0 Å². The second-order valence-electron chi connectivity index (χ2n) is 6.14. The van der Waals surface area contributed by atoms with E-state index in [9.17, 15) is 29.6 Å². The largest absolute Gasteiger partial charge is 0.506 e. The van der Waals surface area contributed by atoms with Crippen molar-refractivity contribution in [2.45, 2.75) is 6.54 Å². The van der Waals surface area contributed by atoms with Crippen LogP contribution in [0.25, 0.3) is 10.9 Å². The van der Waals surface area contributed by atoms with Crippen LogP contribution in [-0.2, 0) is 11.3 Å². The van der Waals surface area contributed by atoms with Crippen molar-refractivity contribution in [1.29, 1.82) is 0 Å². The molecule has 2 aromatic carbocycles. The number of carbonyl (C=O) groups excluding carboxylic acids is 1. The molecule has 1 heterocycles. The first-order valence-electron chi connectivity index (χ1n) is 8.37. The number of nitro groups is 1. The van der Waals surface area contributed by atoms with E-state index in [0.29, 0.717) is 11.1 Å². The van der Waals surface area contributed by atoms with Gasteiger partial charge in [-0.25, -0.2) is 0 Å². The number of benzene rings is 2. The fraction of sp³-hybridized carbons (Fsp3) is 0.105. The molecule has 0 saturated carbocycles. The molecule has 10 nitrogen and oxygen atoms in total. The number of aliphatic carboxylic acids is 1. The Hall–Kier alpha value is -4.21. The molecule has 0 radical (unpaired) electrons. The normalized spacial score (nSPS) is 10.6. The summed E-state index contributed by atoms with van der Waals surface area (Å²) in [5, 5.41) is 32.5. The van der Waals surface area contributed by atoms with Gasteiger partial charge in [-0.1, -0.05) is 24.3 Å². The molecule has 0 aliphatic carbocycles. The molecule has 0 aliphatic rings. The fourth-order valence-electron chi connectivity index (χ4n) is 2.95. The van der Waals surface area contributed by atoms with Crippen LogP contribution < -0.4 is 10.9 Å². The highest BCUT2D eigenvalue weighted by Crippen LogP contribution is 2.27. The van der Waals surface area contributed by atoms with Gasteiger partial charge in [0.1, 0.15) is 17.9 Å². The van der Waals surface area contributed by atoms with Crippen molar-refractivity contribution < 1.29 is 24.7 Å². The molecule has 29 heavy (non-hydrogen) atoms. The minimum atomic E-state index is -1.31. The predicted octanol–water partition coefficient (Wildman–Crippen LogP) is 1.48. The molecule has 0 spiro atoms. The average Bonchev–Trinajstić information content (AvgIpc) is 2.70. The molecule has 1 aromatic heterocycles. The number of aromatic hydroxyl groups is 1. The van der Waals surface area contributed by atoms with E-state index < -0.39 is 40.2 Å². The summed E-state index contributed by atoms with van der Waals surface area (Å²) in [6, 6.07) is 12.0. The van der Waals surface area contributed by atoms with E-state index in [0.717, 1.165) is 0 Å². The second-order valence-corrected chi connectivity index (χ2v) is 6.14. The number of hydrogen-bond donors (Lipinski definition) is 3. The number of hydrogen-bond acceptors (Lipinski definition) is 6. The number of carboxylic acids is 1. The van der Waals surface area contributed by atoms with E-state index in [4.69, 9.17) is 5.11 Å². The maximum Gasteiger partial charge on any atom is 0.322 e. The van der Waals surface area contributed by atoms with Crippen molar-refractivity contribution in [3.63, 3.8) is 0 Å². The number of nitro benzene ring substituents is 1. The number of carbonyl (C=O) groups is 2. The Balaban J connectivity index is 2.17. The Morgan fingerprint density at radius 2 is 1.86 bits per heavy atom. The van der Waals surface area contributed by atoms with E-state index in [1.54, 1.807) is 24.3 Å². The fourth-order valence-corrected chi connectivity index (χ4v) is 2.95. The van der Waals surface area contributed by atoms with Gasteiger partial charge in [-0.3, -0.25) is 24.5 Å². The van der Waals surface area contributed by atoms with Crippen LogP contribution in [0.5, 0.6) is 5.75 Å². The SMILES string of the molecule is O=C(O)CNC(=O)c1c(O)c2ccccc2n(Cc2cccc([N+](=O)[O-])c2)c1=O. The van der Waals surface area contributed by atoms with E-state index in [-0.39, 0.29) is 17.6 Å². The molecule has 0 saturated heterocycles. The Labute approximate surface area is 162 Å². The van der Waals surface area contributed by atoms with Gasteiger partial charge < -0.3 is 20.1 Å². The van der Waals surface area contributed by atoms with Crippen molar-refractivity contribution in [2.24, 2.45) is 0 Å². The molecule has 3 N–H and O–H groups in total. The van der Waals surface area contributed by atoms with Gasteiger partial charge in [0, 0.05) is 17.5 Å². The standard InChI is InChI=1S/C19H15N3O7/c23-15(24)9-20-18(26)16-17(25)13-6-1-2-7-14(13)21(19(16)27)10-11-4-3-5-12(8-11)22(28)29/h1-8,25H,9-10H2,(H,20,26)(H,23,24). The van der Waals surface area contributed by atoms with E-state index >= 15 is 0 Å². The Bertz CT molecular complexity index is 1200. The smallest absolute Gasteiger partial charge is 0.322 e. The van der Waals surface area contributed by atoms with Crippen molar-refractivity contribution in [3.05, 3.63) is 80.1 Å². The molecule has 0 fully saturated rings. The minimum Gasteiger partial charge on any atom is -0.506 e. The molecule has 0 bridgehead atoms. The number of pyridine rings is 1. The molecular weight excluding hydrogens is 382 g/mol. The van der Waals surface area contributed by atoms with Crippen molar-refractivity contribution in [2.75, 3.05) is 6.54 Å². The molecule has 10 heteroatoms. The first-order valence-corrected chi connectivity index (χ1v) is 8.37. The van der Waals surface area contributed by atoms with Gasteiger partial charge in [-0.15, -0.1) is 0 Å². The predicted molar refractivity (Wildman–Crippen MR) is 102 cm³/mol. The zero-order valence-corrected chi connectivity index (χ0v) is 14.9. The zero-order chi connectivity index (χ0) is 21.1. The van der Waals surface area contributed by atoms with Gasteiger partial charge in [0.2, 0.25) is 0 Å². The van der Waals surface area contributed by atoms with Crippen LogP contribution in [0, 0.1) is 10.1 Å². The van der Waals surface area contributed by atoms with Crippen LogP contribution in [-0.4, -0.2) is 38.1 Å². The minimum absolute atomic E-state index is 0.0967. The number of carboxylic acid groups (broad SMARTS) is 1. The second kappa shape index (κ2) is 7.80. The zero-order valence-electron chi connectivity index (χ0n) is 14.9. The molecule has 0 unspecified atom stereocenters. The highest BCUT2D eigenvalue weighted by Gasteiger charge is 2.22. The molecule has 3 rings (SSSR count). The third kappa shape index (κ3) is 3.90. The third-order valence-corrected chi connectivity index (χ3v) is 4.24. The molecule has 0 aliphatic heterocycles. The maximum atomic E-state index is 13.0. The Kier molecular flexibility index (Phi) is 5.26. The summed E-state index contributed by atoms with van der Waals surface area (Å²) in [7, 11) is 0. The van der Waals surface area contributed by atoms with E-state index in [2.05, 4.69) is 5.32 Å². The summed E-state index contributed by atoms with van der Waals surface area (Å²) < 4.78 is 1.20. The van der Waals surface area contributed by atoms with Crippen LogP contribution in [0.2, 0.25) is 0 Å². The number of nitrogens with one attached hydrogen (secondary N) is 1. The van der Waals surface area contributed by atoms with Crippen LogP contribution in [0.15, 0.2) is 53.3 Å². The van der Waals surface area contributed by atoms with Crippen molar-refractivity contribution in [3.8, 4) is 5.75 Å². The van der Waals surface area contributed by atoms with Crippen molar-refractivity contribution >= 4 is 28.5 Å². The summed E-state index contributed by atoms with van der Waals surface area (Å²) in [5.74, 6) is -2.91. The number of aromatic nitrogens is 1. The van der Waals surface area contributed by atoms with Crippen molar-refractivity contribution in [1.82, 2.24) is 9.88 Å². The van der Waals surface area contributed by atoms with Crippen LogP contribution in [0.1, 0.15) is 15.9 Å². The first-order chi connectivity index (χ1) is 13.8. The number of nitrogens with zero attached hydrogens (tertiary/aromatic N) is 2. The number of non-ortho nitro benzene ring substituents is 1. The summed E-state index contributed by atoms with van der Waals surface area (Å²) >= 11 is 0. The van der Waals surface area contributed by atoms with Gasteiger partial charge >= 0.3 is 5.97 Å². The van der Waals surface area contributed by atoms with Gasteiger partial charge in [-0.05, 0) is 17.7 Å². The van der Waals surface area contributed by atoms with Gasteiger partial charge in [0.15, 0.2) is 0 Å². The molecule has 0 atom stereocenters. The van der Waals surface area contributed by atoms with E-state index in [1.165, 1.54) is 28.8 Å². The van der Waals surface area contributed by atoms with Crippen LogP contribution in [0.4, 0.5) is 5.69 Å². The first kappa shape index (κ1) is 19.5. The summed E-state index contributed by atoms with van der Waals surface area (Å²) in [4.78, 5) is 46.5. The van der Waals surface area contributed by atoms with Gasteiger partial charge in [0.05, 0.1) is 17.0 Å². The van der Waals surface area contributed by atoms with Crippen LogP contribution >= 0.6 is 0 Å². The quantitative estimate of drug-likeness (QED) is 0.421. The molecule has 148 valence electrons. The number of rotatable bonds is 6. The summed E-state index contributed by atoms with van der Waals surface area (Å²) in [6.45, 7) is -0.823. The molecule has 1 amide bonds. The van der Waals surface area contributed by atoms with Crippen LogP contribution in [0.3, 0.4) is 0 Å². The lowest BCUT2D eigenvalue weighted by atomic mass is 10.1. The lowest BCUT2D eigenvalue weighted by molar-refractivity contribution is -0.384. The topological polar surface area (TPSA) is 152 Å². The highest BCUT2D eigenvalue weighted by atomic mass is 16.6. The third-order valence-electron chi connectivity index (χ3n) is 4.24. The van der Waals surface area contributed by atoms with E-state index in [1.807, 2.05) is 0 Å². The summed E-state index contributed by atoms with van der Waals surface area (Å²) in [5.41, 5.74) is -0.852.